The summed E-state index contributed by atoms with van der Waals surface area (Å²) >= 11 is 0. The van der Waals surface area contributed by atoms with Crippen molar-refractivity contribution in [3.8, 4) is 0 Å². The van der Waals surface area contributed by atoms with Crippen molar-refractivity contribution in [2.24, 2.45) is 0 Å². The van der Waals surface area contributed by atoms with Crippen molar-refractivity contribution in [2.75, 3.05) is 13.2 Å². The molecule has 1 saturated carbocycles. The van der Waals surface area contributed by atoms with Crippen LogP contribution in [0, 0.1) is 0 Å². The number of halogens is 3. The van der Waals surface area contributed by atoms with E-state index in [-0.39, 0.29) is 18.9 Å². The van der Waals surface area contributed by atoms with E-state index in [2.05, 4.69) is 5.32 Å². The standard InChI is InChI=1S/C9H13F3N2O/c10-9(11,12)2-1-5-14-6-13-8(3-4-8)7(14)15/h13H,1-6H2. The van der Waals surface area contributed by atoms with Crippen LogP contribution in [0.25, 0.3) is 0 Å². The minimum Gasteiger partial charge on any atom is -0.328 e. The van der Waals surface area contributed by atoms with Gasteiger partial charge in [0.1, 0.15) is 0 Å². The lowest BCUT2D eigenvalue weighted by atomic mass is 10.2. The van der Waals surface area contributed by atoms with Crippen LogP contribution in [-0.4, -0.2) is 35.7 Å². The van der Waals surface area contributed by atoms with Crippen molar-refractivity contribution in [1.29, 1.82) is 0 Å². The summed E-state index contributed by atoms with van der Waals surface area (Å²) in [5.41, 5.74) is -0.391. The first-order valence-electron chi connectivity index (χ1n) is 5.04. The third kappa shape index (κ3) is 2.25. The molecule has 0 aromatic rings. The number of nitrogens with one attached hydrogen (secondary N) is 1. The van der Waals surface area contributed by atoms with Crippen LogP contribution < -0.4 is 5.32 Å². The Balaban J connectivity index is 1.75. The molecule has 1 N–H and O–H groups in total. The maximum absolute atomic E-state index is 11.9. The molecule has 1 saturated heterocycles. The Morgan fingerprint density at radius 1 is 1.40 bits per heavy atom. The van der Waals surface area contributed by atoms with E-state index >= 15 is 0 Å². The van der Waals surface area contributed by atoms with Crippen LogP contribution in [-0.2, 0) is 4.79 Å². The number of alkyl halides is 3. The zero-order valence-electron chi connectivity index (χ0n) is 8.23. The molecule has 0 radical (unpaired) electrons. The summed E-state index contributed by atoms with van der Waals surface area (Å²) in [6.45, 7) is 0.601. The van der Waals surface area contributed by atoms with E-state index in [1.807, 2.05) is 0 Å². The molecule has 2 fully saturated rings. The third-order valence-corrected chi connectivity index (χ3v) is 2.94. The van der Waals surface area contributed by atoms with Crippen LogP contribution in [0.1, 0.15) is 25.7 Å². The molecule has 2 rings (SSSR count). The highest BCUT2D eigenvalue weighted by Gasteiger charge is 2.55. The first kappa shape index (κ1) is 10.7. The molecule has 0 atom stereocenters. The first-order chi connectivity index (χ1) is 6.93. The normalized spacial score (nSPS) is 23.9. The fourth-order valence-electron chi connectivity index (χ4n) is 1.86. The first-order valence-corrected chi connectivity index (χ1v) is 5.04. The van der Waals surface area contributed by atoms with E-state index in [0.717, 1.165) is 12.8 Å². The predicted octanol–water partition coefficient (Wildman–Crippen LogP) is 1.25. The molecule has 6 heteroatoms. The summed E-state index contributed by atoms with van der Waals surface area (Å²) in [6.07, 6.45) is -3.30. The highest BCUT2D eigenvalue weighted by molar-refractivity contribution is 5.91. The van der Waals surface area contributed by atoms with Gasteiger partial charge in [-0.3, -0.25) is 10.1 Å². The quantitative estimate of drug-likeness (QED) is 0.779. The lowest BCUT2D eigenvalue weighted by Crippen LogP contribution is -2.33. The molecule has 0 unspecified atom stereocenters. The number of amides is 1. The molecule has 3 nitrogen and oxygen atoms in total. The molecule has 0 aromatic carbocycles. The molecule has 1 amide bonds. The van der Waals surface area contributed by atoms with Crippen LogP contribution in [0.3, 0.4) is 0 Å². The van der Waals surface area contributed by atoms with Gasteiger partial charge in [0.25, 0.3) is 0 Å². The average molecular weight is 222 g/mol. The van der Waals surface area contributed by atoms with Crippen molar-refractivity contribution in [3.05, 3.63) is 0 Å². The number of carbonyl (C=O) groups excluding carboxylic acids is 1. The van der Waals surface area contributed by atoms with E-state index in [4.69, 9.17) is 0 Å². The third-order valence-electron chi connectivity index (χ3n) is 2.94. The monoisotopic (exact) mass is 222 g/mol. The van der Waals surface area contributed by atoms with Crippen LogP contribution in [0.5, 0.6) is 0 Å². The highest BCUT2D eigenvalue weighted by atomic mass is 19.4. The zero-order chi connectivity index (χ0) is 11.1. The average Bonchev–Trinajstić information content (AvgIpc) is 2.82. The van der Waals surface area contributed by atoms with Crippen LogP contribution >= 0.6 is 0 Å². The van der Waals surface area contributed by atoms with Gasteiger partial charge in [-0.1, -0.05) is 0 Å². The van der Waals surface area contributed by atoms with Crippen molar-refractivity contribution in [2.45, 2.75) is 37.4 Å². The Morgan fingerprint density at radius 2 is 2.07 bits per heavy atom. The van der Waals surface area contributed by atoms with Gasteiger partial charge in [-0.15, -0.1) is 0 Å². The summed E-state index contributed by atoms with van der Waals surface area (Å²) in [4.78, 5) is 13.1. The van der Waals surface area contributed by atoms with Gasteiger partial charge in [-0.25, -0.2) is 0 Å². The second kappa shape index (κ2) is 3.37. The van der Waals surface area contributed by atoms with E-state index in [1.165, 1.54) is 4.90 Å². The minimum atomic E-state index is -4.12. The van der Waals surface area contributed by atoms with Gasteiger partial charge in [-0.2, -0.15) is 13.2 Å². The van der Waals surface area contributed by atoms with Crippen LogP contribution in [0.4, 0.5) is 13.2 Å². The Morgan fingerprint density at radius 3 is 2.53 bits per heavy atom. The van der Waals surface area contributed by atoms with Crippen LogP contribution in [0.2, 0.25) is 0 Å². The van der Waals surface area contributed by atoms with Crippen LogP contribution in [0.15, 0.2) is 0 Å². The lowest BCUT2D eigenvalue weighted by Gasteiger charge is -2.15. The van der Waals surface area contributed by atoms with Gasteiger partial charge in [0.15, 0.2) is 0 Å². The maximum atomic E-state index is 11.9. The minimum absolute atomic E-state index is 0.00694. The summed E-state index contributed by atoms with van der Waals surface area (Å²) < 4.78 is 35.6. The van der Waals surface area contributed by atoms with E-state index < -0.39 is 18.1 Å². The largest absolute Gasteiger partial charge is 0.389 e. The number of hydrogen-bond donors (Lipinski definition) is 1. The van der Waals surface area contributed by atoms with Crippen molar-refractivity contribution in [1.82, 2.24) is 10.2 Å². The highest BCUT2D eigenvalue weighted by Crippen LogP contribution is 2.40. The second-order valence-electron chi connectivity index (χ2n) is 4.20. The summed E-state index contributed by atoms with van der Waals surface area (Å²) in [5, 5.41) is 3.05. The van der Waals surface area contributed by atoms with E-state index in [9.17, 15) is 18.0 Å². The molecule has 1 aliphatic carbocycles. The van der Waals surface area contributed by atoms with Crippen molar-refractivity contribution >= 4 is 5.91 Å². The maximum Gasteiger partial charge on any atom is 0.389 e. The number of nitrogens with zero attached hydrogens (tertiary/aromatic N) is 1. The predicted molar refractivity (Wildman–Crippen MR) is 47.0 cm³/mol. The molecule has 15 heavy (non-hydrogen) atoms. The molecular weight excluding hydrogens is 209 g/mol. The summed E-state index contributed by atoms with van der Waals surface area (Å²) in [7, 11) is 0. The zero-order valence-corrected chi connectivity index (χ0v) is 8.23. The van der Waals surface area contributed by atoms with Gasteiger partial charge in [-0.05, 0) is 19.3 Å². The summed E-state index contributed by atoms with van der Waals surface area (Å²) in [5.74, 6) is -0.0234. The van der Waals surface area contributed by atoms with Gasteiger partial charge < -0.3 is 4.90 Å². The molecule has 2 aliphatic rings. The van der Waals surface area contributed by atoms with Crippen molar-refractivity contribution in [3.63, 3.8) is 0 Å². The van der Waals surface area contributed by atoms with E-state index in [0.29, 0.717) is 6.67 Å². The topological polar surface area (TPSA) is 32.3 Å². The second-order valence-corrected chi connectivity index (χ2v) is 4.20. The summed E-state index contributed by atoms with van der Waals surface area (Å²) in [6, 6.07) is 0. The SMILES string of the molecule is O=C1N(CCCC(F)(F)F)CNC12CC2. The van der Waals surface area contributed by atoms with Gasteiger partial charge in [0.2, 0.25) is 5.91 Å². The van der Waals surface area contributed by atoms with Gasteiger partial charge in [0, 0.05) is 13.0 Å². The van der Waals surface area contributed by atoms with E-state index in [1.54, 1.807) is 0 Å². The van der Waals surface area contributed by atoms with Gasteiger partial charge in [0.05, 0.1) is 12.2 Å². The fraction of sp³-hybridized carbons (Fsp3) is 0.889. The molecule has 0 aromatic heterocycles. The number of carbonyl (C=O) groups is 1. The fourth-order valence-corrected chi connectivity index (χ4v) is 1.86. The number of hydrogen-bond acceptors (Lipinski definition) is 2. The Hall–Kier alpha value is -0.780. The molecule has 1 spiro atoms. The Kier molecular flexibility index (Phi) is 2.41. The molecule has 86 valence electrons. The lowest BCUT2D eigenvalue weighted by molar-refractivity contribution is -0.139. The molecule has 1 heterocycles. The Bertz CT molecular complexity index is 273. The number of rotatable bonds is 3. The smallest absolute Gasteiger partial charge is 0.328 e. The Labute approximate surface area is 85.6 Å². The molecule has 0 bridgehead atoms. The molecule has 1 aliphatic heterocycles. The van der Waals surface area contributed by atoms with Gasteiger partial charge >= 0.3 is 6.18 Å². The van der Waals surface area contributed by atoms with Crippen molar-refractivity contribution < 1.29 is 18.0 Å². The molecular formula is C9H13F3N2O.